The Hall–Kier alpha value is -1.92. The number of hydrogen-bond acceptors (Lipinski definition) is 5. The van der Waals surface area contributed by atoms with Crippen LogP contribution >= 0.6 is 11.3 Å². The minimum absolute atomic E-state index is 0.0151. The van der Waals surface area contributed by atoms with E-state index in [0.29, 0.717) is 24.4 Å². The van der Waals surface area contributed by atoms with E-state index in [9.17, 15) is 4.79 Å². The third kappa shape index (κ3) is 4.05. The van der Waals surface area contributed by atoms with E-state index in [1.54, 1.807) is 47.5 Å². The number of carbonyl (C=O) groups is 1. The summed E-state index contributed by atoms with van der Waals surface area (Å²) in [5.41, 5.74) is 7.75. The lowest BCUT2D eigenvalue weighted by atomic mass is 10.2. The molecule has 1 aromatic heterocycles. The number of nitrogen functional groups attached to an aromatic ring is 1. The van der Waals surface area contributed by atoms with Gasteiger partial charge >= 0.3 is 0 Å². The normalized spacial score (nSPS) is 12.1. The Balaban J connectivity index is 2.02. The Morgan fingerprint density at radius 3 is 2.95 bits per heavy atom. The predicted octanol–water partition coefficient (Wildman–Crippen LogP) is 3.10. The first-order chi connectivity index (χ1) is 10.5. The van der Waals surface area contributed by atoms with Gasteiger partial charge in [-0.05, 0) is 32.0 Å². The molecule has 6 heteroatoms. The zero-order chi connectivity index (χ0) is 16.1. The second-order valence-corrected chi connectivity index (χ2v) is 5.95. The number of anilines is 1. The Morgan fingerprint density at radius 1 is 1.50 bits per heavy atom. The molecule has 0 saturated carbocycles. The van der Waals surface area contributed by atoms with E-state index in [4.69, 9.17) is 10.5 Å². The van der Waals surface area contributed by atoms with Crippen LogP contribution in [0.2, 0.25) is 0 Å². The molecule has 1 amide bonds. The van der Waals surface area contributed by atoms with E-state index in [1.807, 2.05) is 19.2 Å². The molecular weight excluding hydrogens is 298 g/mol. The number of ether oxygens (including phenoxy) is 1. The number of aromatic nitrogens is 1. The molecule has 22 heavy (non-hydrogen) atoms. The summed E-state index contributed by atoms with van der Waals surface area (Å²) in [7, 11) is 1.76. The quantitative estimate of drug-likeness (QED) is 0.831. The van der Waals surface area contributed by atoms with E-state index in [2.05, 4.69) is 4.98 Å². The molecule has 2 aromatic rings. The van der Waals surface area contributed by atoms with Crippen LogP contribution in [0, 0.1) is 0 Å². The first-order valence-corrected chi connectivity index (χ1v) is 8.06. The van der Waals surface area contributed by atoms with Crippen LogP contribution < -0.4 is 5.73 Å². The molecule has 0 bridgehead atoms. The number of rotatable bonds is 6. The number of carbonyl (C=O) groups excluding carboxylic acids is 1. The van der Waals surface area contributed by atoms with Crippen molar-refractivity contribution in [2.75, 3.05) is 19.4 Å². The molecule has 0 fully saturated rings. The van der Waals surface area contributed by atoms with Gasteiger partial charge in [-0.15, -0.1) is 11.3 Å². The van der Waals surface area contributed by atoms with E-state index in [-0.39, 0.29) is 12.0 Å². The predicted molar refractivity (Wildman–Crippen MR) is 88.8 cm³/mol. The standard InChI is InChI=1S/C16H21N3O2S/c1-4-21-11(2)15-18-14(10-22-15)9-19(3)16(20)12-6-5-7-13(17)8-12/h5-8,10-11H,4,9,17H2,1-3H3. The third-order valence-electron chi connectivity index (χ3n) is 3.21. The number of thiazole rings is 1. The maximum atomic E-state index is 12.4. The van der Waals surface area contributed by atoms with Crippen LogP contribution in [0.1, 0.15) is 41.0 Å². The van der Waals surface area contributed by atoms with Crippen molar-refractivity contribution in [1.29, 1.82) is 0 Å². The highest BCUT2D eigenvalue weighted by molar-refractivity contribution is 7.09. The summed E-state index contributed by atoms with van der Waals surface area (Å²) in [4.78, 5) is 18.5. The van der Waals surface area contributed by atoms with Crippen molar-refractivity contribution >= 4 is 22.9 Å². The Bertz CT molecular complexity index is 642. The first-order valence-electron chi connectivity index (χ1n) is 7.18. The highest BCUT2D eigenvalue weighted by Crippen LogP contribution is 2.22. The lowest BCUT2D eigenvalue weighted by molar-refractivity contribution is 0.0756. The largest absolute Gasteiger partial charge is 0.399 e. The van der Waals surface area contributed by atoms with Gasteiger partial charge in [0, 0.05) is 30.3 Å². The highest BCUT2D eigenvalue weighted by Gasteiger charge is 2.15. The summed E-state index contributed by atoms with van der Waals surface area (Å²) in [5, 5.41) is 2.90. The van der Waals surface area contributed by atoms with Gasteiger partial charge in [0.25, 0.3) is 5.91 Å². The van der Waals surface area contributed by atoms with Gasteiger partial charge < -0.3 is 15.4 Å². The molecule has 5 nitrogen and oxygen atoms in total. The topological polar surface area (TPSA) is 68.5 Å². The molecule has 1 aromatic carbocycles. The summed E-state index contributed by atoms with van der Waals surface area (Å²) < 4.78 is 5.53. The molecule has 1 unspecified atom stereocenters. The van der Waals surface area contributed by atoms with Gasteiger partial charge in [-0.2, -0.15) is 0 Å². The maximum Gasteiger partial charge on any atom is 0.254 e. The molecule has 0 aliphatic carbocycles. The minimum Gasteiger partial charge on any atom is -0.399 e. The number of nitrogens with two attached hydrogens (primary N) is 1. The maximum absolute atomic E-state index is 12.4. The van der Waals surface area contributed by atoms with E-state index in [1.165, 1.54) is 0 Å². The summed E-state index contributed by atoms with van der Waals surface area (Å²) in [6.45, 7) is 5.06. The molecule has 0 aliphatic rings. The van der Waals surface area contributed by atoms with Crippen molar-refractivity contribution in [3.05, 3.63) is 45.9 Å². The summed E-state index contributed by atoms with van der Waals surface area (Å²) in [6, 6.07) is 6.99. The number of benzene rings is 1. The van der Waals surface area contributed by atoms with Crippen molar-refractivity contribution in [3.8, 4) is 0 Å². The number of amides is 1. The van der Waals surface area contributed by atoms with Crippen LogP contribution in [0.25, 0.3) is 0 Å². The van der Waals surface area contributed by atoms with Crippen molar-refractivity contribution in [2.24, 2.45) is 0 Å². The minimum atomic E-state index is -0.0697. The zero-order valence-corrected chi connectivity index (χ0v) is 13.9. The van der Waals surface area contributed by atoms with Crippen LogP contribution in [-0.4, -0.2) is 29.4 Å². The van der Waals surface area contributed by atoms with Gasteiger partial charge in [0.05, 0.1) is 12.2 Å². The molecule has 0 saturated heterocycles. The van der Waals surface area contributed by atoms with E-state index >= 15 is 0 Å². The smallest absolute Gasteiger partial charge is 0.254 e. The van der Waals surface area contributed by atoms with Gasteiger partial charge in [0.15, 0.2) is 0 Å². The van der Waals surface area contributed by atoms with Crippen molar-refractivity contribution < 1.29 is 9.53 Å². The highest BCUT2D eigenvalue weighted by atomic mass is 32.1. The average Bonchev–Trinajstić information content (AvgIpc) is 2.95. The molecule has 2 rings (SSSR count). The first kappa shape index (κ1) is 16.5. The van der Waals surface area contributed by atoms with Gasteiger partial charge in [-0.1, -0.05) is 6.07 Å². The van der Waals surface area contributed by atoms with Crippen LogP contribution in [0.3, 0.4) is 0 Å². The van der Waals surface area contributed by atoms with Gasteiger partial charge in [0.2, 0.25) is 0 Å². The molecular formula is C16H21N3O2S. The van der Waals surface area contributed by atoms with Crippen LogP contribution in [0.15, 0.2) is 29.6 Å². The number of nitrogens with zero attached hydrogens (tertiary/aromatic N) is 2. The lowest BCUT2D eigenvalue weighted by Gasteiger charge is -2.16. The van der Waals surface area contributed by atoms with Crippen molar-refractivity contribution in [1.82, 2.24) is 9.88 Å². The average molecular weight is 319 g/mol. The van der Waals surface area contributed by atoms with E-state index < -0.39 is 0 Å². The number of hydrogen-bond donors (Lipinski definition) is 1. The van der Waals surface area contributed by atoms with Crippen LogP contribution in [0.4, 0.5) is 5.69 Å². The molecule has 0 spiro atoms. The fraction of sp³-hybridized carbons (Fsp3) is 0.375. The fourth-order valence-corrected chi connectivity index (χ4v) is 2.92. The van der Waals surface area contributed by atoms with Crippen molar-refractivity contribution in [3.63, 3.8) is 0 Å². The molecule has 0 aliphatic heterocycles. The molecule has 118 valence electrons. The van der Waals surface area contributed by atoms with Gasteiger partial charge in [-0.3, -0.25) is 4.79 Å². The molecule has 1 atom stereocenters. The second kappa shape index (κ2) is 7.38. The lowest BCUT2D eigenvalue weighted by Crippen LogP contribution is -2.26. The van der Waals surface area contributed by atoms with Gasteiger partial charge in [0.1, 0.15) is 11.1 Å². The second-order valence-electron chi connectivity index (χ2n) is 5.06. The Kier molecular flexibility index (Phi) is 5.51. The summed E-state index contributed by atoms with van der Waals surface area (Å²) >= 11 is 1.56. The summed E-state index contributed by atoms with van der Waals surface area (Å²) in [6.07, 6.45) is -0.0151. The van der Waals surface area contributed by atoms with E-state index in [0.717, 1.165) is 10.7 Å². The SMILES string of the molecule is CCOC(C)c1nc(CN(C)C(=O)c2cccc(N)c2)cs1. The summed E-state index contributed by atoms with van der Waals surface area (Å²) in [5.74, 6) is -0.0697. The van der Waals surface area contributed by atoms with Gasteiger partial charge in [-0.25, -0.2) is 4.98 Å². The molecule has 1 heterocycles. The molecule has 0 radical (unpaired) electrons. The molecule has 2 N–H and O–H groups in total. The monoisotopic (exact) mass is 319 g/mol. The zero-order valence-electron chi connectivity index (χ0n) is 13.1. The fourth-order valence-electron chi connectivity index (χ4n) is 2.11. The van der Waals surface area contributed by atoms with Crippen LogP contribution in [-0.2, 0) is 11.3 Å². The van der Waals surface area contributed by atoms with Crippen molar-refractivity contribution in [2.45, 2.75) is 26.5 Å². The Labute approximate surface area is 134 Å². The van der Waals surface area contributed by atoms with Crippen LogP contribution in [0.5, 0.6) is 0 Å². The third-order valence-corrected chi connectivity index (χ3v) is 4.27. The Morgan fingerprint density at radius 2 is 2.27 bits per heavy atom.